The molecule has 0 unspecified atom stereocenters. The van der Waals surface area contributed by atoms with E-state index in [-0.39, 0.29) is 24.0 Å². The first-order chi connectivity index (χ1) is 15.4. The van der Waals surface area contributed by atoms with Gasteiger partial charge in [-0.3, -0.25) is 9.59 Å². The Balaban J connectivity index is 1.53. The number of para-hydroxylation sites is 1. The maximum Gasteiger partial charge on any atom is 0.234 e. The van der Waals surface area contributed by atoms with Crippen LogP contribution in [0.3, 0.4) is 0 Å². The van der Waals surface area contributed by atoms with Gasteiger partial charge in [-0.25, -0.2) is 0 Å². The van der Waals surface area contributed by atoms with Gasteiger partial charge in [0.15, 0.2) is 5.16 Å². The average molecular weight is 492 g/mol. The molecule has 0 saturated carbocycles. The van der Waals surface area contributed by atoms with Crippen molar-refractivity contribution in [2.24, 2.45) is 0 Å². The minimum atomic E-state index is -0.166. The van der Waals surface area contributed by atoms with E-state index in [1.807, 2.05) is 36.6 Å². The highest BCUT2D eigenvalue weighted by Crippen LogP contribution is 2.23. The maximum absolute atomic E-state index is 12.3. The molecule has 2 N–H and O–H groups in total. The van der Waals surface area contributed by atoms with Gasteiger partial charge in [0.1, 0.15) is 5.82 Å². The number of hydrogen-bond acceptors (Lipinski definition) is 5. The van der Waals surface area contributed by atoms with Crippen LogP contribution in [0.15, 0.2) is 47.6 Å². The van der Waals surface area contributed by atoms with Crippen molar-refractivity contribution in [1.82, 2.24) is 14.8 Å². The molecule has 3 rings (SSSR count). The van der Waals surface area contributed by atoms with Crippen molar-refractivity contribution in [3.8, 4) is 0 Å². The third kappa shape index (κ3) is 6.48. The van der Waals surface area contributed by atoms with Gasteiger partial charge in [-0.15, -0.1) is 10.2 Å². The summed E-state index contributed by atoms with van der Waals surface area (Å²) in [7, 11) is 0. The molecule has 0 aliphatic rings. The molecule has 2 aromatic carbocycles. The van der Waals surface area contributed by atoms with E-state index in [1.165, 1.54) is 11.8 Å². The summed E-state index contributed by atoms with van der Waals surface area (Å²) in [6.07, 6.45) is 0.661. The number of aryl methyl sites for hydroxylation is 2. The smallest absolute Gasteiger partial charge is 0.234 e. The molecule has 0 saturated heterocycles. The number of benzene rings is 2. The van der Waals surface area contributed by atoms with E-state index in [9.17, 15) is 9.59 Å². The lowest BCUT2D eigenvalue weighted by molar-refractivity contribution is -0.116. The fraction of sp³-hybridized carbons (Fsp3) is 0.273. The van der Waals surface area contributed by atoms with Crippen LogP contribution in [0.4, 0.5) is 11.4 Å². The second kappa shape index (κ2) is 11.4. The summed E-state index contributed by atoms with van der Waals surface area (Å²) in [5.41, 5.74) is 2.17. The lowest BCUT2D eigenvalue weighted by Crippen LogP contribution is -2.15. The summed E-state index contributed by atoms with van der Waals surface area (Å²) in [5.74, 6) is 0.543. The first-order valence-corrected chi connectivity index (χ1v) is 11.8. The summed E-state index contributed by atoms with van der Waals surface area (Å²) < 4.78 is 1.91. The molecule has 1 aromatic heterocycles. The topological polar surface area (TPSA) is 88.9 Å². The van der Waals surface area contributed by atoms with Crippen molar-refractivity contribution < 1.29 is 9.59 Å². The van der Waals surface area contributed by atoms with Gasteiger partial charge >= 0.3 is 0 Å². The number of nitrogens with one attached hydrogen (secondary N) is 2. The minimum Gasteiger partial charge on any atom is -0.325 e. The van der Waals surface area contributed by atoms with Crippen LogP contribution < -0.4 is 10.6 Å². The Bertz CT molecular complexity index is 1120. The summed E-state index contributed by atoms with van der Waals surface area (Å²) >= 11 is 13.5. The Morgan fingerprint density at radius 1 is 1.03 bits per heavy atom. The summed E-state index contributed by atoms with van der Waals surface area (Å²) in [4.78, 5) is 24.6. The normalized spacial score (nSPS) is 10.8. The Hall–Kier alpha value is -2.55. The third-order valence-electron chi connectivity index (χ3n) is 4.62. The van der Waals surface area contributed by atoms with Crippen LogP contribution >= 0.6 is 35.0 Å². The van der Waals surface area contributed by atoms with Gasteiger partial charge in [-0.05, 0) is 43.7 Å². The molecule has 0 spiro atoms. The van der Waals surface area contributed by atoms with Crippen LogP contribution in [0, 0.1) is 6.92 Å². The van der Waals surface area contributed by atoms with Crippen LogP contribution in [0.25, 0.3) is 0 Å². The van der Waals surface area contributed by atoms with E-state index >= 15 is 0 Å². The van der Waals surface area contributed by atoms with Gasteiger partial charge in [-0.2, -0.15) is 0 Å². The van der Waals surface area contributed by atoms with Gasteiger partial charge in [-0.1, -0.05) is 53.2 Å². The Morgan fingerprint density at radius 3 is 2.53 bits per heavy atom. The van der Waals surface area contributed by atoms with Crippen molar-refractivity contribution >= 4 is 58.2 Å². The number of nitrogens with zero attached hydrogens (tertiary/aromatic N) is 3. The number of anilines is 2. The molecule has 0 aliphatic heterocycles. The Kier molecular flexibility index (Phi) is 8.55. The van der Waals surface area contributed by atoms with Crippen molar-refractivity contribution in [1.29, 1.82) is 0 Å². The Labute approximate surface area is 200 Å². The van der Waals surface area contributed by atoms with E-state index in [0.29, 0.717) is 45.4 Å². The molecule has 7 nitrogen and oxygen atoms in total. The van der Waals surface area contributed by atoms with Crippen LogP contribution in [-0.2, 0) is 22.6 Å². The number of hydrogen-bond donors (Lipinski definition) is 2. The SMILES string of the molecule is CCn1c(CCC(=O)Nc2ccccc2Cl)nnc1SCC(=O)Nc1ccc(C)c(Cl)c1. The largest absolute Gasteiger partial charge is 0.325 e. The highest BCUT2D eigenvalue weighted by Gasteiger charge is 2.15. The first-order valence-electron chi connectivity index (χ1n) is 10.0. The zero-order valence-electron chi connectivity index (χ0n) is 17.7. The lowest BCUT2D eigenvalue weighted by Gasteiger charge is -2.09. The van der Waals surface area contributed by atoms with Gasteiger partial charge in [0.05, 0.1) is 16.5 Å². The monoisotopic (exact) mass is 491 g/mol. The van der Waals surface area contributed by atoms with Gasteiger partial charge in [0, 0.05) is 30.1 Å². The molecule has 0 bridgehead atoms. The highest BCUT2D eigenvalue weighted by atomic mass is 35.5. The third-order valence-corrected chi connectivity index (χ3v) is 6.32. The highest BCUT2D eigenvalue weighted by molar-refractivity contribution is 7.99. The molecule has 1 heterocycles. The number of amides is 2. The van der Waals surface area contributed by atoms with Gasteiger partial charge < -0.3 is 15.2 Å². The number of carbonyl (C=O) groups is 2. The standard InChI is InChI=1S/C22H23Cl2N5O2S/c1-3-29-19(10-11-20(30)26-18-7-5-4-6-16(18)23)27-28-22(29)32-13-21(31)25-15-9-8-14(2)17(24)12-15/h4-9,12H,3,10-11,13H2,1-2H3,(H,25,31)(H,26,30). The van der Waals surface area contributed by atoms with E-state index < -0.39 is 0 Å². The molecule has 0 aliphatic carbocycles. The molecule has 3 aromatic rings. The van der Waals surface area contributed by atoms with Crippen LogP contribution in [0.2, 0.25) is 10.0 Å². The predicted molar refractivity (Wildman–Crippen MR) is 130 cm³/mol. The number of thioether (sulfide) groups is 1. The number of aromatic nitrogens is 3. The van der Waals surface area contributed by atoms with Crippen LogP contribution in [0.5, 0.6) is 0 Å². The molecule has 10 heteroatoms. The van der Waals surface area contributed by atoms with E-state index in [1.54, 1.807) is 24.3 Å². The number of carbonyl (C=O) groups excluding carboxylic acids is 2. The second-order valence-corrected chi connectivity index (χ2v) is 8.73. The minimum absolute atomic E-state index is 0.158. The maximum atomic E-state index is 12.3. The van der Waals surface area contributed by atoms with Crippen molar-refractivity contribution in [2.45, 2.75) is 38.4 Å². The van der Waals surface area contributed by atoms with Crippen molar-refractivity contribution in [3.63, 3.8) is 0 Å². The van der Waals surface area contributed by atoms with E-state index in [0.717, 1.165) is 5.56 Å². The van der Waals surface area contributed by atoms with E-state index in [2.05, 4.69) is 20.8 Å². The zero-order chi connectivity index (χ0) is 23.1. The molecule has 0 radical (unpaired) electrons. The summed E-state index contributed by atoms with van der Waals surface area (Å²) in [6.45, 7) is 4.50. The van der Waals surface area contributed by atoms with Crippen LogP contribution in [-0.4, -0.2) is 32.3 Å². The molecular weight excluding hydrogens is 469 g/mol. The molecule has 2 amide bonds. The van der Waals surface area contributed by atoms with Crippen molar-refractivity contribution in [3.05, 3.63) is 63.9 Å². The molecule has 0 atom stereocenters. The summed E-state index contributed by atoms with van der Waals surface area (Å²) in [5, 5.41) is 15.7. The number of rotatable bonds is 9. The summed E-state index contributed by atoms with van der Waals surface area (Å²) in [6, 6.07) is 12.5. The van der Waals surface area contributed by atoms with E-state index in [4.69, 9.17) is 23.2 Å². The van der Waals surface area contributed by atoms with Gasteiger partial charge in [0.2, 0.25) is 11.8 Å². The molecule has 0 fully saturated rings. The first kappa shape index (κ1) is 24.1. The zero-order valence-corrected chi connectivity index (χ0v) is 20.0. The second-order valence-electron chi connectivity index (χ2n) is 6.97. The van der Waals surface area contributed by atoms with Crippen LogP contribution in [0.1, 0.15) is 24.7 Å². The predicted octanol–water partition coefficient (Wildman–Crippen LogP) is 5.22. The quantitative estimate of drug-likeness (QED) is 0.400. The Morgan fingerprint density at radius 2 is 1.81 bits per heavy atom. The number of halogens is 2. The average Bonchev–Trinajstić information content (AvgIpc) is 3.17. The van der Waals surface area contributed by atoms with Crippen molar-refractivity contribution in [2.75, 3.05) is 16.4 Å². The molecular formula is C22H23Cl2N5O2S. The molecule has 168 valence electrons. The lowest BCUT2D eigenvalue weighted by atomic mass is 10.2. The molecule has 32 heavy (non-hydrogen) atoms. The fourth-order valence-electron chi connectivity index (χ4n) is 2.93. The van der Waals surface area contributed by atoms with Gasteiger partial charge in [0.25, 0.3) is 0 Å². The fourth-order valence-corrected chi connectivity index (χ4v) is 4.11.